The molecule has 0 radical (unpaired) electrons. The fraction of sp³-hybridized carbons (Fsp3) is 0.286. The van der Waals surface area contributed by atoms with Gasteiger partial charge in [0.05, 0.1) is 10.7 Å². The maximum absolute atomic E-state index is 13.4. The third kappa shape index (κ3) is 2.17. The van der Waals surface area contributed by atoms with Crippen LogP contribution in [-0.4, -0.2) is 13.1 Å². The van der Waals surface area contributed by atoms with Gasteiger partial charge in [-0.05, 0) is 46.1 Å². The van der Waals surface area contributed by atoms with Gasteiger partial charge in [-0.15, -0.1) is 0 Å². The van der Waals surface area contributed by atoms with Crippen LogP contribution in [0.2, 0.25) is 0 Å². The van der Waals surface area contributed by atoms with Gasteiger partial charge in [-0.25, -0.2) is 4.39 Å². The van der Waals surface area contributed by atoms with Crippen LogP contribution in [0.25, 0.3) is 0 Å². The maximum Gasteiger partial charge on any atom is 0.141 e. The normalized spacial score (nSPS) is 15.6. The molecule has 2 heterocycles. The second kappa shape index (κ2) is 4.98. The molecule has 100 valence electrons. The van der Waals surface area contributed by atoms with Crippen molar-refractivity contribution < 1.29 is 8.81 Å². The van der Waals surface area contributed by atoms with Crippen LogP contribution in [0.15, 0.2) is 39.4 Å². The highest BCUT2D eigenvalue weighted by molar-refractivity contribution is 9.10. The minimum atomic E-state index is -0.222. The third-order valence-corrected chi connectivity index (χ3v) is 4.18. The summed E-state index contributed by atoms with van der Waals surface area (Å²) >= 11 is 3.46. The van der Waals surface area contributed by atoms with Crippen molar-refractivity contribution >= 4 is 21.6 Å². The van der Waals surface area contributed by atoms with E-state index in [0.29, 0.717) is 6.54 Å². The van der Waals surface area contributed by atoms with Crippen molar-refractivity contribution in [3.8, 4) is 0 Å². The van der Waals surface area contributed by atoms with Crippen LogP contribution in [0.3, 0.4) is 0 Å². The van der Waals surface area contributed by atoms with Gasteiger partial charge in [-0.2, -0.15) is 0 Å². The van der Waals surface area contributed by atoms with Crippen LogP contribution < -0.4 is 10.6 Å². The van der Waals surface area contributed by atoms with E-state index in [9.17, 15) is 4.39 Å². The summed E-state index contributed by atoms with van der Waals surface area (Å²) in [6, 6.07) is 6.69. The molecule has 0 bridgehead atoms. The summed E-state index contributed by atoms with van der Waals surface area (Å²) in [5, 5.41) is 0. The molecule has 0 saturated heterocycles. The van der Waals surface area contributed by atoms with Gasteiger partial charge in [-0.3, -0.25) is 0 Å². The molecular formula is C14H14BrFN2O. The number of nitrogens with zero attached hydrogens (tertiary/aromatic N) is 1. The van der Waals surface area contributed by atoms with E-state index in [2.05, 4.69) is 20.8 Å². The van der Waals surface area contributed by atoms with Crippen LogP contribution in [0.4, 0.5) is 10.1 Å². The number of hydrogen-bond donors (Lipinski definition) is 1. The zero-order valence-corrected chi connectivity index (χ0v) is 11.9. The van der Waals surface area contributed by atoms with E-state index in [4.69, 9.17) is 10.2 Å². The number of nitrogens with two attached hydrogens (primary N) is 1. The lowest BCUT2D eigenvalue weighted by Gasteiger charge is -2.28. The SMILES string of the molecule is NCC(c1occc1Br)N1CCc2ccc(F)cc21. The molecule has 3 rings (SSSR count). The first kappa shape index (κ1) is 12.7. The van der Waals surface area contributed by atoms with E-state index in [1.165, 1.54) is 6.07 Å². The Hall–Kier alpha value is -1.33. The second-order valence-electron chi connectivity index (χ2n) is 4.60. The standard InChI is InChI=1S/C14H14BrFN2O/c15-11-4-6-19-14(11)13(8-17)18-5-3-9-1-2-10(16)7-12(9)18/h1-2,4,6-7,13H,3,5,8,17H2. The van der Waals surface area contributed by atoms with E-state index >= 15 is 0 Å². The molecule has 1 aliphatic rings. The first-order valence-electron chi connectivity index (χ1n) is 6.18. The van der Waals surface area contributed by atoms with E-state index in [1.54, 1.807) is 12.3 Å². The van der Waals surface area contributed by atoms with Gasteiger partial charge in [0, 0.05) is 18.8 Å². The molecular weight excluding hydrogens is 311 g/mol. The van der Waals surface area contributed by atoms with Crippen LogP contribution >= 0.6 is 15.9 Å². The number of rotatable bonds is 3. The number of anilines is 1. The van der Waals surface area contributed by atoms with Gasteiger partial charge in [0.2, 0.25) is 0 Å². The van der Waals surface area contributed by atoms with Crippen molar-refractivity contribution in [1.82, 2.24) is 0 Å². The van der Waals surface area contributed by atoms with Crippen molar-refractivity contribution in [3.05, 3.63) is 52.1 Å². The van der Waals surface area contributed by atoms with E-state index in [1.807, 2.05) is 12.1 Å². The molecule has 1 unspecified atom stereocenters. The first-order chi connectivity index (χ1) is 9.20. The summed E-state index contributed by atoms with van der Waals surface area (Å²) in [5.41, 5.74) is 7.96. The molecule has 1 aromatic heterocycles. The molecule has 0 fully saturated rings. The lowest BCUT2D eigenvalue weighted by Crippen LogP contribution is -2.32. The summed E-state index contributed by atoms with van der Waals surface area (Å²) in [6.45, 7) is 1.25. The Bertz CT molecular complexity index is 599. The van der Waals surface area contributed by atoms with Gasteiger partial charge in [0.1, 0.15) is 17.6 Å². The summed E-state index contributed by atoms with van der Waals surface area (Å²) in [6.07, 6.45) is 2.54. The summed E-state index contributed by atoms with van der Waals surface area (Å²) in [4.78, 5) is 2.11. The fourth-order valence-electron chi connectivity index (χ4n) is 2.62. The molecule has 1 aliphatic heterocycles. The van der Waals surface area contributed by atoms with Gasteiger partial charge in [0.25, 0.3) is 0 Å². The summed E-state index contributed by atoms with van der Waals surface area (Å²) in [7, 11) is 0. The molecule has 0 saturated carbocycles. The number of hydrogen-bond acceptors (Lipinski definition) is 3. The van der Waals surface area contributed by atoms with Crippen LogP contribution in [0.5, 0.6) is 0 Å². The van der Waals surface area contributed by atoms with Gasteiger partial charge < -0.3 is 15.1 Å². The maximum atomic E-state index is 13.4. The third-order valence-electron chi connectivity index (χ3n) is 3.53. The highest BCUT2D eigenvalue weighted by Crippen LogP contribution is 2.37. The van der Waals surface area contributed by atoms with E-state index < -0.39 is 0 Å². The van der Waals surface area contributed by atoms with E-state index in [0.717, 1.165) is 34.4 Å². The summed E-state index contributed by atoms with van der Waals surface area (Å²) < 4.78 is 19.8. The Morgan fingerprint density at radius 2 is 2.26 bits per heavy atom. The molecule has 5 heteroatoms. The lowest BCUT2D eigenvalue weighted by molar-refractivity contribution is 0.452. The molecule has 19 heavy (non-hydrogen) atoms. The average Bonchev–Trinajstić information content (AvgIpc) is 2.99. The van der Waals surface area contributed by atoms with Crippen LogP contribution in [0.1, 0.15) is 17.4 Å². The smallest absolute Gasteiger partial charge is 0.141 e. The highest BCUT2D eigenvalue weighted by Gasteiger charge is 2.29. The van der Waals surface area contributed by atoms with Gasteiger partial charge in [0.15, 0.2) is 0 Å². The van der Waals surface area contributed by atoms with Crippen molar-refractivity contribution in [3.63, 3.8) is 0 Å². The van der Waals surface area contributed by atoms with Gasteiger partial charge in [-0.1, -0.05) is 6.07 Å². The second-order valence-corrected chi connectivity index (χ2v) is 5.46. The summed E-state index contributed by atoms with van der Waals surface area (Å²) in [5.74, 6) is 0.569. The Morgan fingerprint density at radius 3 is 2.95 bits per heavy atom. The predicted molar refractivity (Wildman–Crippen MR) is 75.7 cm³/mol. The number of halogens is 2. The zero-order chi connectivity index (χ0) is 13.4. The minimum Gasteiger partial charge on any atom is -0.466 e. The van der Waals surface area contributed by atoms with Crippen LogP contribution in [-0.2, 0) is 6.42 Å². The molecule has 1 aromatic carbocycles. The van der Waals surface area contributed by atoms with Crippen molar-refractivity contribution in [2.45, 2.75) is 12.5 Å². The molecule has 0 spiro atoms. The Morgan fingerprint density at radius 1 is 1.42 bits per heavy atom. The predicted octanol–water partition coefficient (Wildman–Crippen LogP) is 3.24. The number of fused-ring (bicyclic) bond motifs is 1. The Labute approximate surface area is 119 Å². The van der Waals surface area contributed by atoms with E-state index in [-0.39, 0.29) is 11.9 Å². The van der Waals surface area contributed by atoms with Crippen molar-refractivity contribution in [2.24, 2.45) is 5.73 Å². The molecule has 0 amide bonds. The zero-order valence-electron chi connectivity index (χ0n) is 10.3. The molecule has 1 atom stereocenters. The largest absolute Gasteiger partial charge is 0.466 e. The number of benzene rings is 1. The van der Waals surface area contributed by atoms with Crippen LogP contribution in [0, 0.1) is 5.82 Å². The first-order valence-corrected chi connectivity index (χ1v) is 6.98. The number of furan rings is 1. The minimum absolute atomic E-state index is 0.0765. The fourth-order valence-corrected chi connectivity index (χ4v) is 3.09. The molecule has 3 nitrogen and oxygen atoms in total. The Kier molecular flexibility index (Phi) is 3.33. The topological polar surface area (TPSA) is 42.4 Å². The molecule has 2 N–H and O–H groups in total. The van der Waals surface area contributed by atoms with Crippen molar-refractivity contribution in [1.29, 1.82) is 0 Å². The highest BCUT2D eigenvalue weighted by atomic mass is 79.9. The van der Waals surface area contributed by atoms with Gasteiger partial charge >= 0.3 is 0 Å². The Balaban J connectivity index is 2.00. The monoisotopic (exact) mass is 324 g/mol. The lowest BCUT2D eigenvalue weighted by atomic mass is 10.1. The molecule has 0 aliphatic carbocycles. The molecule has 2 aromatic rings. The van der Waals surface area contributed by atoms with Crippen molar-refractivity contribution in [2.75, 3.05) is 18.0 Å². The average molecular weight is 325 g/mol. The quantitative estimate of drug-likeness (QED) is 0.942.